The number of nitrogens with zero attached hydrogens (tertiary/aromatic N) is 2. The summed E-state index contributed by atoms with van der Waals surface area (Å²) in [6, 6.07) is 10.9. The van der Waals surface area contributed by atoms with Crippen molar-refractivity contribution in [3.63, 3.8) is 0 Å². The fourth-order valence-corrected chi connectivity index (χ4v) is 2.87. The number of nitrogen functional groups attached to an aromatic ring is 1. The minimum Gasteiger partial charge on any atom is -0.384 e. The third-order valence-electron chi connectivity index (χ3n) is 4.17. The van der Waals surface area contributed by atoms with Gasteiger partial charge >= 0.3 is 0 Å². The first-order chi connectivity index (χ1) is 9.59. The minimum atomic E-state index is 0.244. The van der Waals surface area contributed by atoms with Gasteiger partial charge in [-0.3, -0.25) is 0 Å². The van der Waals surface area contributed by atoms with Gasteiger partial charge in [0, 0.05) is 17.9 Å². The van der Waals surface area contributed by atoms with E-state index in [9.17, 15) is 0 Å². The molecule has 106 valence electrons. The van der Waals surface area contributed by atoms with Crippen LogP contribution in [0.2, 0.25) is 0 Å². The molecule has 1 aromatic heterocycles. The summed E-state index contributed by atoms with van der Waals surface area (Å²) in [5.74, 6) is 2.90. The largest absolute Gasteiger partial charge is 0.384 e. The summed E-state index contributed by atoms with van der Waals surface area (Å²) >= 11 is 0. The molecule has 0 aliphatic heterocycles. The highest BCUT2D eigenvalue weighted by atomic mass is 15.2. The van der Waals surface area contributed by atoms with Gasteiger partial charge in [0.15, 0.2) is 0 Å². The van der Waals surface area contributed by atoms with Gasteiger partial charge in [-0.1, -0.05) is 37.3 Å². The van der Waals surface area contributed by atoms with Gasteiger partial charge < -0.3 is 10.3 Å². The van der Waals surface area contributed by atoms with Crippen molar-refractivity contribution in [3.8, 4) is 0 Å². The van der Waals surface area contributed by atoms with E-state index in [4.69, 9.17) is 10.7 Å². The Bertz CT molecular complexity index is 594. The third-order valence-corrected chi connectivity index (χ3v) is 4.17. The zero-order valence-corrected chi connectivity index (χ0v) is 12.5. The standard InChI is InChI=1S/C17H23N3/c1-11(2)20-16(18)15(19-17(20)14-9-10-14)12(3)13-7-5-4-6-8-13/h4-8,11-12,14H,9-10,18H2,1-3H3. The normalized spacial score (nSPS) is 16.6. The lowest BCUT2D eigenvalue weighted by Gasteiger charge is -2.14. The summed E-state index contributed by atoms with van der Waals surface area (Å²) in [5.41, 5.74) is 8.72. The number of benzene rings is 1. The Hall–Kier alpha value is -1.77. The van der Waals surface area contributed by atoms with E-state index in [1.807, 2.05) is 6.07 Å². The summed E-state index contributed by atoms with van der Waals surface area (Å²) in [6.07, 6.45) is 2.50. The molecule has 1 aliphatic carbocycles. The number of nitrogens with two attached hydrogens (primary N) is 1. The first-order valence-corrected chi connectivity index (χ1v) is 7.52. The molecule has 3 heteroatoms. The smallest absolute Gasteiger partial charge is 0.127 e. The lowest BCUT2D eigenvalue weighted by molar-refractivity contribution is 0.576. The van der Waals surface area contributed by atoms with Crippen molar-refractivity contribution in [3.05, 3.63) is 47.4 Å². The van der Waals surface area contributed by atoms with Crippen molar-refractivity contribution < 1.29 is 0 Å². The van der Waals surface area contributed by atoms with Crippen molar-refractivity contribution in [2.24, 2.45) is 0 Å². The second-order valence-corrected chi connectivity index (χ2v) is 6.11. The third kappa shape index (κ3) is 2.21. The molecule has 0 saturated heterocycles. The highest BCUT2D eigenvalue weighted by molar-refractivity contribution is 5.46. The van der Waals surface area contributed by atoms with E-state index >= 15 is 0 Å². The number of aromatic nitrogens is 2. The Balaban J connectivity index is 2.03. The second-order valence-electron chi connectivity index (χ2n) is 6.11. The van der Waals surface area contributed by atoms with Crippen LogP contribution < -0.4 is 5.73 Å². The number of hydrogen-bond donors (Lipinski definition) is 1. The van der Waals surface area contributed by atoms with E-state index in [1.54, 1.807) is 0 Å². The van der Waals surface area contributed by atoms with Crippen molar-refractivity contribution in [1.29, 1.82) is 0 Å². The van der Waals surface area contributed by atoms with E-state index in [2.05, 4.69) is 49.6 Å². The van der Waals surface area contributed by atoms with Crippen LogP contribution in [0.25, 0.3) is 0 Å². The van der Waals surface area contributed by atoms with Crippen LogP contribution in [-0.2, 0) is 0 Å². The lowest BCUT2D eigenvalue weighted by Crippen LogP contribution is -2.09. The predicted octanol–water partition coefficient (Wildman–Crippen LogP) is 4.08. The average molecular weight is 269 g/mol. The zero-order chi connectivity index (χ0) is 14.3. The van der Waals surface area contributed by atoms with Crippen LogP contribution >= 0.6 is 0 Å². The molecule has 1 unspecified atom stereocenters. The molecule has 1 aromatic carbocycles. The topological polar surface area (TPSA) is 43.8 Å². The van der Waals surface area contributed by atoms with Crippen molar-refractivity contribution in [2.45, 2.75) is 51.5 Å². The molecule has 20 heavy (non-hydrogen) atoms. The van der Waals surface area contributed by atoms with Gasteiger partial charge in [0.25, 0.3) is 0 Å². The summed E-state index contributed by atoms with van der Waals surface area (Å²) in [6.45, 7) is 6.55. The van der Waals surface area contributed by atoms with Gasteiger partial charge in [0.1, 0.15) is 11.6 Å². The molecule has 0 radical (unpaired) electrons. The molecule has 3 nitrogen and oxygen atoms in total. The van der Waals surface area contributed by atoms with E-state index in [1.165, 1.54) is 24.2 Å². The van der Waals surface area contributed by atoms with E-state index in [0.29, 0.717) is 12.0 Å². The van der Waals surface area contributed by atoms with Crippen LogP contribution in [0.3, 0.4) is 0 Å². The maximum atomic E-state index is 6.41. The summed E-state index contributed by atoms with van der Waals surface area (Å²) in [5, 5.41) is 0. The monoisotopic (exact) mass is 269 g/mol. The Kier molecular flexibility index (Phi) is 3.28. The predicted molar refractivity (Wildman–Crippen MR) is 83.0 cm³/mol. The van der Waals surface area contributed by atoms with Gasteiger partial charge in [0.05, 0.1) is 5.69 Å². The van der Waals surface area contributed by atoms with E-state index < -0.39 is 0 Å². The van der Waals surface area contributed by atoms with Gasteiger partial charge in [-0.05, 0) is 32.3 Å². The molecule has 0 bridgehead atoms. The van der Waals surface area contributed by atoms with Crippen LogP contribution in [0.1, 0.15) is 68.6 Å². The molecule has 1 saturated carbocycles. The Morgan fingerprint density at radius 3 is 2.35 bits per heavy atom. The highest BCUT2D eigenvalue weighted by Gasteiger charge is 2.32. The molecule has 3 rings (SSSR count). The van der Waals surface area contributed by atoms with Crippen molar-refractivity contribution in [1.82, 2.24) is 9.55 Å². The first kappa shape index (κ1) is 13.2. The molecule has 1 fully saturated rings. The second kappa shape index (κ2) is 4.97. The van der Waals surface area contributed by atoms with Crippen molar-refractivity contribution >= 4 is 5.82 Å². The summed E-state index contributed by atoms with van der Waals surface area (Å²) < 4.78 is 2.23. The van der Waals surface area contributed by atoms with Gasteiger partial charge in [-0.2, -0.15) is 0 Å². The number of hydrogen-bond acceptors (Lipinski definition) is 2. The maximum absolute atomic E-state index is 6.41. The van der Waals surface area contributed by atoms with Crippen molar-refractivity contribution in [2.75, 3.05) is 5.73 Å². The Morgan fingerprint density at radius 2 is 1.80 bits per heavy atom. The summed E-state index contributed by atoms with van der Waals surface area (Å²) in [7, 11) is 0. The fraction of sp³-hybridized carbons (Fsp3) is 0.471. The first-order valence-electron chi connectivity index (χ1n) is 7.52. The molecular weight excluding hydrogens is 246 g/mol. The van der Waals surface area contributed by atoms with Crippen LogP contribution in [0, 0.1) is 0 Å². The number of anilines is 1. The van der Waals surface area contributed by atoms with E-state index in [-0.39, 0.29) is 5.92 Å². The molecular formula is C17H23N3. The minimum absolute atomic E-state index is 0.244. The zero-order valence-electron chi connectivity index (χ0n) is 12.5. The lowest BCUT2D eigenvalue weighted by atomic mass is 9.98. The summed E-state index contributed by atoms with van der Waals surface area (Å²) in [4.78, 5) is 4.91. The van der Waals surface area contributed by atoms with Crippen LogP contribution in [-0.4, -0.2) is 9.55 Å². The molecule has 1 heterocycles. The number of rotatable bonds is 4. The highest BCUT2D eigenvalue weighted by Crippen LogP contribution is 2.43. The number of imidazole rings is 1. The quantitative estimate of drug-likeness (QED) is 0.909. The van der Waals surface area contributed by atoms with Crippen LogP contribution in [0.15, 0.2) is 30.3 Å². The van der Waals surface area contributed by atoms with Crippen LogP contribution in [0.5, 0.6) is 0 Å². The molecule has 0 amide bonds. The fourth-order valence-electron chi connectivity index (χ4n) is 2.87. The molecule has 0 spiro atoms. The van der Waals surface area contributed by atoms with E-state index in [0.717, 1.165) is 11.5 Å². The molecule has 2 aromatic rings. The van der Waals surface area contributed by atoms with Gasteiger partial charge in [-0.25, -0.2) is 4.98 Å². The van der Waals surface area contributed by atoms with Crippen LogP contribution in [0.4, 0.5) is 5.82 Å². The Labute approximate surface area is 120 Å². The SMILES string of the molecule is CC(c1ccccc1)c1nc(C2CC2)n(C(C)C)c1N. The van der Waals surface area contributed by atoms with Gasteiger partial charge in [-0.15, -0.1) is 0 Å². The Morgan fingerprint density at radius 1 is 1.15 bits per heavy atom. The maximum Gasteiger partial charge on any atom is 0.127 e. The molecule has 1 aliphatic rings. The molecule has 1 atom stereocenters. The molecule has 2 N–H and O–H groups in total. The van der Waals surface area contributed by atoms with Gasteiger partial charge in [0.2, 0.25) is 0 Å². The average Bonchev–Trinajstić information content (AvgIpc) is 3.22.